The highest BCUT2D eigenvalue weighted by atomic mass is 16.5. The zero-order valence-corrected chi connectivity index (χ0v) is 19.6. The minimum absolute atomic E-state index is 0.0774. The van der Waals surface area contributed by atoms with Crippen LogP contribution in [0.3, 0.4) is 0 Å². The van der Waals surface area contributed by atoms with E-state index in [1.807, 2.05) is 24.3 Å². The first kappa shape index (κ1) is 23.0. The lowest BCUT2D eigenvalue weighted by atomic mass is 9.84. The van der Waals surface area contributed by atoms with E-state index in [0.717, 1.165) is 18.4 Å². The highest BCUT2D eigenvalue weighted by molar-refractivity contribution is 6.03. The molecule has 0 spiro atoms. The highest BCUT2D eigenvalue weighted by Gasteiger charge is 2.37. The van der Waals surface area contributed by atoms with Gasteiger partial charge in [0.1, 0.15) is 6.04 Å². The number of rotatable bonds is 8. The number of hydrogen-bond donors (Lipinski definition) is 1. The Morgan fingerprint density at radius 1 is 1.03 bits per heavy atom. The lowest BCUT2D eigenvalue weighted by Crippen LogP contribution is -2.45. The molecule has 1 N–H and O–H groups in total. The summed E-state index contributed by atoms with van der Waals surface area (Å²) in [6, 6.07) is 10.5. The number of amides is 2. The molecule has 1 heterocycles. The van der Waals surface area contributed by atoms with Crippen LogP contribution in [0.5, 0.6) is 17.2 Å². The summed E-state index contributed by atoms with van der Waals surface area (Å²) >= 11 is 0. The van der Waals surface area contributed by atoms with Crippen LogP contribution in [0, 0.1) is 5.92 Å². The Morgan fingerprint density at radius 3 is 2.30 bits per heavy atom. The van der Waals surface area contributed by atoms with Crippen LogP contribution in [0.15, 0.2) is 36.4 Å². The lowest BCUT2D eigenvalue weighted by molar-refractivity contribution is -0.121. The van der Waals surface area contributed by atoms with Crippen LogP contribution in [0.2, 0.25) is 0 Å². The van der Waals surface area contributed by atoms with Crippen molar-refractivity contribution in [2.45, 2.75) is 51.1 Å². The van der Waals surface area contributed by atoms with Crippen LogP contribution < -0.4 is 19.5 Å². The van der Waals surface area contributed by atoms with Gasteiger partial charge in [0.05, 0.1) is 21.3 Å². The molecular formula is C26H32N2O5. The van der Waals surface area contributed by atoms with Gasteiger partial charge in [0.15, 0.2) is 11.5 Å². The first-order valence-electron chi connectivity index (χ1n) is 11.6. The van der Waals surface area contributed by atoms with Crippen molar-refractivity contribution in [1.82, 2.24) is 4.90 Å². The van der Waals surface area contributed by atoms with E-state index in [-0.39, 0.29) is 11.8 Å². The van der Waals surface area contributed by atoms with Crippen LogP contribution in [-0.4, -0.2) is 44.1 Å². The van der Waals surface area contributed by atoms with Crippen molar-refractivity contribution >= 4 is 17.5 Å². The molecule has 1 aliphatic carbocycles. The average molecular weight is 453 g/mol. The van der Waals surface area contributed by atoms with Crippen molar-refractivity contribution in [3.63, 3.8) is 0 Å². The largest absolute Gasteiger partial charge is 0.493 e. The fourth-order valence-corrected chi connectivity index (χ4v) is 5.02. The summed E-state index contributed by atoms with van der Waals surface area (Å²) in [7, 11) is 4.61. The molecular weight excluding hydrogens is 420 g/mol. The van der Waals surface area contributed by atoms with Gasteiger partial charge in [0.2, 0.25) is 11.7 Å². The Bertz CT molecular complexity index is 990. The molecule has 176 valence electrons. The van der Waals surface area contributed by atoms with Gasteiger partial charge >= 0.3 is 0 Å². The number of benzene rings is 2. The number of ether oxygens (including phenoxy) is 3. The van der Waals surface area contributed by atoms with Gasteiger partial charge in [-0.15, -0.1) is 0 Å². The lowest BCUT2D eigenvalue weighted by Gasteiger charge is -2.31. The number of methoxy groups -OCH3 is 3. The maximum Gasteiger partial charge on any atom is 0.255 e. The SMILES string of the molecule is COc1cc(NC(=O)[C@H](CC2CCCCC2)N2Cc3ccccc3C2=O)cc(OC)c1OC. The minimum atomic E-state index is -0.549. The molecule has 0 unspecified atom stereocenters. The van der Waals surface area contributed by atoms with Gasteiger partial charge in [-0.1, -0.05) is 50.3 Å². The number of fused-ring (bicyclic) bond motifs is 1. The standard InChI is InChI=1S/C26H32N2O5/c1-31-22-14-19(15-23(32-2)24(22)33-3)27-25(29)21(13-17-9-5-4-6-10-17)28-16-18-11-7-8-12-20(18)26(28)30/h7-8,11-12,14-15,17,21H,4-6,9-10,13,16H2,1-3H3,(H,27,29)/t21-/m0/s1. The second-order valence-electron chi connectivity index (χ2n) is 8.75. The average Bonchev–Trinajstić information content (AvgIpc) is 3.18. The van der Waals surface area contributed by atoms with Crippen LogP contribution in [0.25, 0.3) is 0 Å². The molecule has 33 heavy (non-hydrogen) atoms. The van der Waals surface area contributed by atoms with Gasteiger partial charge in [-0.2, -0.15) is 0 Å². The predicted molar refractivity (Wildman–Crippen MR) is 126 cm³/mol. The first-order valence-corrected chi connectivity index (χ1v) is 11.6. The molecule has 0 aromatic heterocycles. The van der Waals surface area contributed by atoms with Crippen LogP contribution in [0.1, 0.15) is 54.4 Å². The van der Waals surface area contributed by atoms with Crippen LogP contribution in [-0.2, 0) is 11.3 Å². The Balaban J connectivity index is 1.60. The number of carbonyl (C=O) groups is 2. The van der Waals surface area contributed by atoms with Gasteiger partial charge in [-0.25, -0.2) is 0 Å². The summed E-state index contributed by atoms with van der Waals surface area (Å²) < 4.78 is 16.2. The Labute approximate surface area is 195 Å². The van der Waals surface area contributed by atoms with E-state index >= 15 is 0 Å². The van der Waals surface area contributed by atoms with Crippen molar-refractivity contribution in [2.24, 2.45) is 5.92 Å². The van der Waals surface area contributed by atoms with E-state index in [9.17, 15) is 9.59 Å². The number of carbonyl (C=O) groups excluding carboxylic acids is 2. The number of nitrogens with zero attached hydrogens (tertiary/aromatic N) is 1. The van der Waals surface area contributed by atoms with Crippen LogP contribution in [0.4, 0.5) is 5.69 Å². The first-order chi connectivity index (χ1) is 16.0. The summed E-state index contributed by atoms with van der Waals surface area (Å²) in [5.74, 6) is 1.54. The van der Waals surface area contributed by atoms with Crippen molar-refractivity contribution in [2.75, 3.05) is 26.6 Å². The van der Waals surface area contributed by atoms with Gasteiger partial charge in [0, 0.05) is 29.9 Å². The Kier molecular flexibility index (Phi) is 7.06. The molecule has 2 aromatic carbocycles. The van der Waals surface area contributed by atoms with Crippen molar-refractivity contribution in [3.8, 4) is 17.2 Å². The number of nitrogens with one attached hydrogen (secondary N) is 1. The molecule has 0 saturated heterocycles. The molecule has 1 fully saturated rings. The van der Waals surface area contributed by atoms with Crippen molar-refractivity contribution in [3.05, 3.63) is 47.5 Å². The molecule has 2 aliphatic rings. The van der Waals surface area contributed by atoms with Gasteiger partial charge in [0.25, 0.3) is 5.91 Å². The Morgan fingerprint density at radius 2 is 1.70 bits per heavy atom. The van der Waals surface area contributed by atoms with E-state index in [4.69, 9.17) is 14.2 Å². The van der Waals surface area contributed by atoms with Crippen LogP contribution >= 0.6 is 0 Å². The maximum atomic E-state index is 13.6. The minimum Gasteiger partial charge on any atom is -0.493 e. The molecule has 0 radical (unpaired) electrons. The molecule has 1 saturated carbocycles. The molecule has 2 amide bonds. The second kappa shape index (κ2) is 10.1. The monoisotopic (exact) mass is 452 g/mol. The van der Waals surface area contributed by atoms with E-state index < -0.39 is 6.04 Å². The molecule has 2 aromatic rings. The fourth-order valence-electron chi connectivity index (χ4n) is 5.02. The topological polar surface area (TPSA) is 77.1 Å². The third-order valence-electron chi connectivity index (χ3n) is 6.74. The molecule has 1 aliphatic heterocycles. The quantitative estimate of drug-likeness (QED) is 0.631. The number of hydrogen-bond acceptors (Lipinski definition) is 5. The molecule has 7 nitrogen and oxygen atoms in total. The zero-order valence-electron chi connectivity index (χ0n) is 19.6. The summed E-state index contributed by atoms with van der Waals surface area (Å²) in [5.41, 5.74) is 2.19. The van der Waals surface area contributed by atoms with Gasteiger partial charge in [-0.05, 0) is 24.0 Å². The number of anilines is 1. The van der Waals surface area contributed by atoms with E-state index in [1.54, 1.807) is 17.0 Å². The fraction of sp³-hybridized carbons (Fsp3) is 0.462. The maximum absolute atomic E-state index is 13.6. The normalized spacial score (nSPS) is 16.8. The summed E-state index contributed by atoms with van der Waals surface area (Å²) in [6.07, 6.45) is 6.47. The summed E-state index contributed by atoms with van der Waals surface area (Å²) in [4.78, 5) is 28.5. The molecule has 4 rings (SSSR count). The summed E-state index contributed by atoms with van der Waals surface area (Å²) in [6.45, 7) is 0.453. The van der Waals surface area contributed by atoms with E-state index in [2.05, 4.69) is 5.32 Å². The zero-order chi connectivity index (χ0) is 23.4. The van der Waals surface area contributed by atoms with Gasteiger partial charge in [-0.3, -0.25) is 9.59 Å². The van der Waals surface area contributed by atoms with E-state index in [1.165, 1.54) is 40.6 Å². The van der Waals surface area contributed by atoms with Crippen molar-refractivity contribution < 1.29 is 23.8 Å². The predicted octanol–water partition coefficient (Wildman–Crippen LogP) is 4.65. The van der Waals surface area contributed by atoms with Gasteiger partial charge < -0.3 is 24.4 Å². The molecule has 1 atom stereocenters. The highest BCUT2D eigenvalue weighted by Crippen LogP contribution is 2.40. The third-order valence-corrected chi connectivity index (χ3v) is 6.74. The smallest absolute Gasteiger partial charge is 0.255 e. The van der Waals surface area contributed by atoms with E-state index in [0.29, 0.717) is 47.4 Å². The molecule has 0 bridgehead atoms. The third kappa shape index (κ3) is 4.77. The second-order valence-corrected chi connectivity index (χ2v) is 8.75. The van der Waals surface area contributed by atoms with Crippen molar-refractivity contribution in [1.29, 1.82) is 0 Å². The molecule has 7 heteroatoms. The Hall–Kier alpha value is -3.22. The summed E-state index contributed by atoms with van der Waals surface area (Å²) in [5, 5.41) is 3.01.